The van der Waals surface area contributed by atoms with Crippen LogP contribution in [0.4, 0.5) is 0 Å². The first kappa shape index (κ1) is 52.3. The van der Waals surface area contributed by atoms with E-state index in [1.807, 2.05) is 0 Å². The van der Waals surface area contributed by atoms with Crippen molar-refractivity contribution in [2.75, 3.05) is 33.0 Å². The Balaban J connectivity index is -0.0000000600. The molecule has 0 amide bonds. The Morgan fingerprint density at radius 2 is 0.486 bits per heavy atom. The largest absolute Gasteiger partial charge is 4.00 e. The van der Waals surface area contributed by atoms with Gasteiger partial charge in [-0.2, -0.15) is 0 Å². The number of carboxylic acid groups (broad SMARTS) is 5. The first-order chi connectivity index (χ1) is 15.9. The molecule has 0 aliphatic carbocycles. The maximum atomic E-state index is 9.41. The molecule has 5 atom stereocenters. The minimum absolute atomic E-state index is 0. The fourth-order valence-electron chi connectivity index (χ4n) is 0.373. The van der Waals surface area contributed by atoms with Crippen LogP contribution in [0, 0.1) is 0 Å². The number of rotatable bonds is 10. The Hall–Kier alpha value is -1.17. The van der Waals surface area contributed by atoms with Crippen LogP contribution in [0.2, 0.25) is 0 Å². The molecule has 0 aliphatic heterocycles. The van der Waals surface area contributed by atoms with Crippen LogP contribution in [-0.4, -0.2) is 144 Å². The maximum Gasteiger partial charge on any atom is 4.00 e. The van der Waals surface area contributed by atoms with Crippen LogP contribution in [0.1, 0.15) is 0 Å². The summed E-state index contributed by atoms with van der Waals surface area (Å²) in [5.41, 5.74) is 0. The number of aliphatic hydroxyl groups excluding tert-OH is 10. The van der Waals surface area contributed by atoms with Crippen LogP contribution < -0.4 is 55.1 Å². The number of aliphatic carboxylic acids is 5. The first-order valence-electron chi connectivity index (χ1n) is 8.40. The summed E-state index contributed by atoms with van der Waals surface area (Å²) in [4.78, 5) is 47.0. The molecule has 10 N–H and O–H groups in total. The quantitative estimate of drug-likeness (QED) is 0.0991. The number of carboxylic acids is 5. The van der Waals surface area contributed by atoms with Crippen molar-refractivity contribution in [3.8, 4) is 0 Å². The number of carbonyl (C=O) groups is 5. The van der Waals surface area contributed by atoms with Crippen LogP contribution in [0.5, 0.6) is 0 Å². The van der Waals surface area contributed by atoms with Crippen molar-refractivity contribution in [3.63, 3.8) is 0 Å². The summed E-state index contributed by atoms with van der Waals surface area (Å²) in [5, 5.41) is 126. The van der Waals surface area contributed by atoms with E-state index in [4.69, 9.17) is 51.1 Å². The van der Waals surface area contributed by atoms with Crippen LogP contribution in [-0.2, 0) is 50.2 Å². The third kappa shape index (κ3) is 45.2. The molecule has 0 aromatic heterocycles. The Morgan fingerprint density at radius 3 is 0.486 bits per heavy atom. The molecule has 0 bridgehead atoms. The predicted octanol–water partition coefficient (Wildman–Crippen LogP) is -17.6. The molecule has 0 aromatic rings. The monoisotopic (exact) mass is 638 g/mol. The number of carbonyl (C=O) groups excluding carboxylic acids is 5. The molecule has 0 spiro atoms. The molecule has 0 radical (unpaired) electrons. The van der Waals surface area contributed by atoms with E-state index in [0.717, 1.165) is 0 Å². The Labute approximate surface area is 248 Å². The van der Waals surface area contributed by atoms with Gasteiger partial charge in [-0.15, -0.1) is 0 Å². The zero-order valence-electron chi connectivity index (χ0n) is 19.0. The summed E-state index contributed by atoms with van der Waals surface area (Å²) in [5.74, 6) is -8.25. The zero-order chi connectivity index (χ0) is 29.3. The predicted molar refractivity (Wildman–Crippen MR) is 90.5 cm³/mol. The van der Waals surface area contributed by atoms with E-state index in [1.165, 1.54) is 0 Å². The number of aliphatic hydroxyl groups is 10. The molecular formula is C15H25NaO20Zr. The summed E-state index contributed by atoms with van der Waals surface area (Å²) in [6.45, 7) is -3.95. The van der Waals surface area contributed by atoms with Crippen molar-refractivity contribution in [2.45, 2.75) is 30.5 Å². The summed E-state index contributed by atoms with van der Waals surface area (Å²) >= 11 is 0. The van der Waals surface area contributed by atoms with E-state index >= 15 is 0 Å². The van der Waals surface area contributed by atoms with Gasteiger partial charge in [-0.3, -0.25) is 0 Å². The molecule has 22 heteroatoms. The second kappa shape index (κ2) is 34.8. The van der Waals surface area contributed by atoms with Crippen LogP contribution in [0.25, 0.3) is 0 Å². The van der Waals surface area contributed by atoms with E-state index in [0.29, 0.717) is 0 Å². The fourth-order valence-corrected chi connectivity index (χ4v) is 0.373. The normalized spacial score (nSPS) is 12.7. The van der Waals surface area contributed by atoms with Crippen LogP contribution >= 0.6 is 0 Å². The van der Waals surface area contributed by atoms with Gasteiger partial charge in [0.05, 0.1) is 62.9 Å². The van der Waals surface area contributed by atoms with Crippen LogP contribution in [0.3, 0.4) is 0 Å². The smallest absolute Gasteiger partial charge is 0.547 e. The third-order valence-corrected chi connectivity index (χ3v) is 2.23. The van der Waals surface area contributed by atoms with Crippen molar-refractivity contribution < 1.29 is 156 Å². The molecule has 0 heterocycles. The van der Waals surface area contributed by atoms with Gasteiger partial charge >= 0.3 is 55.8 Å². The molecule has 0 fully saturated rings. The van der Waals surface area contributed by atoms with E-state index in [1.54, 1.807) is 0 Å². The van der Waals surface area contributed by atoms with Crippen molar-refractivity contribution >= 4 is 29.8 Å². The maximum absolute atomic E-state index is 9.41. The van der Waals surface area contributed by atoms with Gasteiger partial charge in [0.1, 0.15) is 30.5 Å². The minimum atomic E-state index is -1.74. The van der Waals surface area contributed by atoms with E-state index in [-0.39, 0.29) is 55.8 Å². The second-order valence-electron chi connectivity index (χ2n) is 5.09. The molecule has 5 unspecified atom stereocenters. The van der Waals surface area contributed by atoms with Crippen LogP contribution in [0.15, 0.2) is 0 Å². The molecule has 37 heavy (non-hydrogen) atoms. The Bertz CT molecular complexity index is 476. The molecule has 0 aliphatic rings. The minimum Gasteiger partial charge on any atom is -0.547 e. The first-order valence-corrected chi connectivity index (χ1v) is 8.40. The van der Waals surface area contributed by atoms with Gasteiger partial charge in [-0.05, 0) is 0 Å². The molecule has 0 aromatic carbocycles. The van der Waals surface area contributed by atoms with Crippen molar-refractivity contribution in [3.05, 3.63) is 0 Å². The zero-order valence-corrected chi connectivity index (χ0v) is 23.4. The molecule has 0 rings (SSSR count). The summed E-state index contributed by atoms with van der Waals surface area (Å²) in [7, 11) is 0. The average Bonchev–Trinajstić information content (AvgIpc) is 2.82. The fraction of sp³-hybridized carbons (Fsp3) is 0.667. The van der Waals surface area contributed by atoms with Gasteiger partial charge < -0.3 is 101 Å². The molecule has 0 saturated heterocycles. The topological polar surface area (TPSA) is 403 Å². The van der Waals surface area contributed by atoms with E-state index in [2.05, 4.69) is 0 Å². The van der Waals surface area contributed by atoms with Gasteiger partial charge in [-0.1, -0.05) is 0 Å². The Morgan fingerprint density at radius 1 is 0.405 bits per heavy atom. The van der Waals surface area contributed by atoms with Gasteiger partial charge in [0.15, 0.2) is 0 Å². The second-order valence-corrected chi connectivity index (χ2v) is 5.09. The van der Waals surface area contributed by atoms with Gasteiger partial charge in [-0.25, -0.2) is 0 Å². The van der Waals surface area contributed by atoms with Gasteiger partial charge in [0.2, 0.25) is 0 Å². The van der Waals surface area contributed by atoms with Crippen molar-refractivity contribution in [1.82, 2.24) is 0 Å². The summed E-state index contributed by atoms with van der Waals surface area (Å²) < 4.78 is 0. The molecule has 210 valence electrons. The van der Waals surface area contributed by atoms with E-state index < -0.39 is 93.4 Å². The van der Waals surface area contributed by atoms with Crippen molar-refractivity contribution in [2.24, 2.45) is 0 Å². The standard InChI is InChI=1S/5C3H6O4.Na.Zr/c5*4-1-2(5)3(6)7;;/h5*2,4-5H,1H2,(H,6,7);;/q;;;;;+1;+4/p-5. The summed E-state index contributed by atoms with van der Waals surface area (Å²) in [6.07, 6.45) is -8.68. The molecule has 0 saturated carbocycles. The van der Waals surface area contributed by atoms with Gasteiger partial charge in [0, 0.05) is 0 Å². The Kier molecular flexibility index (Phi) is 49.2. The number of hydrogen-bond donors (Lipinski definition) is 10. The molecule has 20 nitrogen and oxygen atoms in total. The SMILES string of the molecule is O=C([O-])C(O)CO.O=C([O-])C(O)CO.O=C([O-])C(O)CO.O=C([O-])C(O)CO.O=C([O-])C(O)CO.[Na+].[Zr+4]. The average molecular weight is 640 g/mol. The molecular weight excluding hydrogens is 614 g/mol. The van der Waals surface area contributed by atoms with E-state index in [9.17, 15) is 49.5 Å². The number of hydrogen-bond acceptors (Lipinski definition) is 20. The van der Waals surface area contributed by atoms with Crippen molar-refractivity contribution in [1.29, 1.82) is 0 Å². The summed E-state index contributed by atoms with van der Waals surface area (Å²) in [6, 6.07) is 0. The van der Waals surface area contributed by atoms with Gasteiger partial charge in [0.25, 0.3) is 0 Å². The third-order valence-electron chi connectivity index (χ3n) is 2.23.